The Morgan fingerprint density at radius 1 is 0.944 bits per heavy atom. The van der Waals surface area contributed by atoms with Gasteiger partial charge in [-0.05, 0) is 118 Å². The van der Waals surface area contributed by atoms with E-state index < -0.39 is 6.17 Å². The number of piperidine rings is 1. The van der Waals surface area contributed by atoms with E-state index in [1.54, 1.807) is 0 Å². The summed E-state index contributed by atoms with van der Waals surface area (Å²) in [5.41, 5.74) is 0.161. The number of amides is 1. The van der Waals surface area contributed by atoms with Crippen molar-refractivity contribution in [2.45, 2.75) is 129 Å². The molecule has 4 rings (SSSR count). The molecule has 36 heavy (non-hydrogen) atoms. The lowest BCUT2D eigenvalue weighted by atomic mass is 9.64. The highest BCUT2D eigenvalue weighted by Crippen LogP contribution is 2.46. The molecule has 0 radical (unpaired) electrons. The lowest BCUT2D eigenvalue weighted by Crippen LogP contribution is -2.56. The number of carbonyl (C=O) groups is 1. The maximum atomic E-state index is 13.8. The molecule has 1 aliphatic heterocycles. The molecule has 0 aromatic carbocycles. The molecule has 0 aromatic rings. The van der Waals surface area contributed by atoms with Crippen molar-refractivity contribution in [2.75, 3.05) is 19.6 Å². The number of nitrogens with one attached hydrogen (secondary N) is 1. The highest BCUT2D eigenvalue weighted by molar-refractivity contribution is 6.20. The van der Waals surface area contributed by atoms with Crippen LogP contribution in [0.5, 0.6) is 0 Å². The second-order valence-electron chi connectivity index (χ2n) is 14.1. The number of hydrogen-bond donors (Lipinski definition) is 1. The summed E-state index contributed by atoms with van der Waals surface area (Å²) < 4.78 is 13.6. The van der Waals surface area contributed by atoms with E-state index in [1.165, 1.54) is 38.5 Å². The van der Waals surface area contributed by atoms with E-state index >= 15 is 0 Å². The Labute approximate surface area is 226 Å². The third-order valence-corrected chi connectivity index (χ3v) is 11.1. The maximum Gasteiger partial charge on any atom is 0.239 e. The zero-order chi connectivity index (χ0) is 25.9. The average molecular weight is 525 g/mol. The van der Waals surface area contributed by atoms with Crippen molar-refractivity contribution >= 4 is 17.5 Å². The van der Waals surface area contributed by atoms with Crippen molar-refractivity contribution in [3.05, 3.63) is 0 Å². The lowest BCUT2D eigenvalue weighted by Gasteiger charge is -2.49. The van der Waals surface area contributed by atoms with Crippen LogP contribution in [0.15, 0.2) is 0 Å². The van der Waals surface area contributed by atoms with Gasteiger partial charge in [0.15, 0.2) is 0 Å². The van der Waals surface area contributed by atoms with Crippen LogP contribution in [0.25, 0.3) is 0 Å². The molecule has 208 valence electrons. The quantitative estimate of drug-likeness (QED) is 0.347. The molecular weight excluding hydrogens is 471 g/mol. The Morgan fingerprint density at radius 2 is 1.61 bits per heavy atom. The van der Waals surface area contributed by atoms with Gasteiger partial charge in [0.2, 0.25) is 5.91 Å². The summed E-state index contributed by atoms with van der Waals surface area (Å²) in [4.78, 5) is 16.0. The smallest absolute Gasteiger partial charge is 0.239 e. The first-order valence-corrected chi connectivity index (χ1v) is 15.9. The molecule has 3 saturated carbocycles. The van der Waals surface area contributed by atoms with Crippen LogP contribution in [-0.4, -0.2) is 48.0 Å². The van der Waals surface area contributed by atoms with Crippen LogP contribution in [0.3, 0.4) is 0 Å². The Hall–Kier alpha value is -0.350. The van der Waals surface area contributed by atoms with Crippen molar-refractivity contribution in [1.82, 2.24) is 10.2 Å². The molecule has 0 bridgehead atoms. The Kier molecular flexibility index (Phi) is 10.1. The number of alkyl halides is 2. The Balaban J connectivity index is 1.29. The van der Waals surface area contributed by atoms with Gasteiger partial charge >= 0.3 is 0 Å². The first kappa shape index (κ1) is 28.7. The minimum Gasteiger partial charge on any atom is -0.341 e. The Bertz CT molecular complexity index is 699. The van der Waals surface area contributed by atoms with Gasteiger partial charge in [-0.15, -0.1) is 11.6 Å². The molecular formula is C31H54ClFN2O. The summed E-state index contributed by atoms with van der Waals surface area (Å²) in [7, 11) is 0. The zero-order valence-electron chi connectivity index (χ0n) is 23.6. The third-order valence-electron chi connectivity index (χ3n) is 10.6. The molecule has 0 spiro atoms. The molecule has 3 nitrogen and oxygen atoms in total. The van der Waals surface area contributed by atoms with E-state index in [0.29, 0.717) is 23.1 Å². The first-order valence-electron chi connectivity index (χ1n) is 15.4. The fraction of sp³-hybridized carbons (Fsp3) is 0.968. The summed E-state index contributed by atoms with van der Waals surface area (Å²) in [6.07, 6.45) is 14.2. The summed E-state index contributed by atoms with van der Waals surface area (Å²) in [6.45, 7) is 11.9. The maximum absolute atomic E-state index is 13.8. The predicted molar refractivity (Wildman–Crippen MR) is 149 cm³/mol. The van der Waals surface area contributed by atoms with Gasteiger partial charge < -0.3 is 10.2 Å². The number of halogens is 2. The number of carbonyl (C=O) groups excluding carboxylic acids is 1. The number of hydrogen-bond acceptors (Lipinski definition) is 2. The zero-order valence-corrected chi connectivity index (χ0v) is 24.4. The van der Waals surface area contributed by atoms with E-state index in [4.69, 9.17) is 11.6 Å². The van der Waals surface area contributed by atoms with Gasteiger partial charge in [0.1, 0.15) is 6.17 Å². The summed E-state index contributed by atoms with van der Waals surface area (Å²) in [5, 5.41) is 4.13. The van der Waals surface area contributed by atoms with E-state index in [-0.39, 0.29) is 17.4 Å². The molecule has 4 fully saturated rings. The predicted octanol–water partition coefficient (Wildman–Crippen LogP) is 7.61. The highest BCUT2D eigenvalue weighted by atomic mass is 35.5. The van der Waals surface area contributed by atoms with Crippen molar-refractivity contribution in [2.24, 2.45) is 40.9 Å². The van der Waals surface area contributed by atoms with Gasteiger partial charge in [-0.1, -0.05) is 40.5 Å². The van der Waals surface area contributed by atoms with Gasteiger partial charge in [-0.25, -0.2) is 4.39 Å². The lowest BCUT2D eigenvalue weighted by molar-refractivity contribution is -0.140. The van der Waals surface area contributed by atoms with Gasteiger partial charge in [0.05, 0.1) is 6.04 Å². The van der Waals surface area contributed by atoms with Crippen LogP contribution in [0, 0.1) is 40.9 Å². The Morgan fingerprint density at radius 3 is 2.25 bits per heavy atom. The summed E-state index contributed by atoms with van der Waals surface area (Å²) in [6, 6.07) is -0.0913. The summed E-state index contributed by atoms with van der Waals surface area (Å²) >= 11 is 6.39. The normalized spacial score (nSPS) is 38.6. The minimum absolute atomic E-state index is 0.0913. The van der Waals surface area contributed by atoms with Crippen LogP contribution in [0.4, 0.5) is 4.39 Å². The van der Waals surface area contributed by atoms with Crippen molar-refractivity contribution in [3.63, 3.8) is 0 Å². The van der Waals surface area contributed by atoms with Crippen molar-refractivity contribution in [3.8, 4) is 0 Å². The van der Waals surface area contributed by atoms with E-state index in [1.807, 2.05) is 0 Å². The number of likely N-dealkylation sites (tertiary alicyclic amines) is 1. The monoisotopic (exact) mass is 524 g/mol. The molecule has 4 atom stereocenters. The second-order valence-corrected chi connectivity index (χ2v) is 14.7. The first-order chi connectivity index (χ1) is 17.1. The fourth-order valence-electron chi connectivity index (χ4n) is 8.51. The molecule has 1 amide bonds. The van der Waals surface area contributed by atoms with Crippen LogP contribution in [-0.2, 0) is 4.79 Å². The molecule has 1 N–H and O–H groups in total. The minimum atomic E-state index is -0.559. The fourth-order valence-corrected chi connectivity index (χ4v) is 8.76. The topological polar surface area (TPSA) is 32.3 Å². The van der Waals surface area contributed by atoms with Gasteiger partial charge in [-0.3, -0.25) is 4.79 Å². The molecule has 1 heterocycles. The van der Waals surface area contributed by atoms with E-state index in [9.17, 15) is 9.18 Å². The average Bonchev–Trinajstić information content (AvgIpc) is 2.84. The SMILES string of the molecule is CC(C)[C@@H](NCC1CCCC(C2CCC(F)CC2)C1)C(=O)N1CC[C@H](C2CCC(Cl)CC2)C(C)(C)C1. The summed E-state index contributed by atoms with van der Waals surface area (Å²) in [5.74, 6) is 4.21. The molecule has 3 aliphatic carbocycles. The second kappa shape index (κ2) is 12.7. The standard InChI is InChI=1S/C31H54ClFN2O/c1-21(2)29(34-19-22-6-5-7-25(18-22)23-10-14-27(33)15-11-23)30(36)35-17-16-28(31(3,4)20-35)24-8-12-26(32)13-9-24/h21-29,34H,5-20H2,1-4H3/t22?,23?,24?,25?,26?,27?,28-,29-/m1/s1. The van der Waals surface area contributed by atoms with Crippen LogP contribution >= 0.6 is 11.6 Å². The van der Waals surface area contributed by atoms with Crippen LogP contribution in [0.2, 0.25) is 0 Å². The molecule has 1 saturated heterocycles. The van der Waals surface area contributed by atoms with E-state index in [0.717, 1.165) is 82.3 Å². The number of nitrogens with zero attached hydrogens (tertiary/aromatic N) is 1. The largest absolute Gasteiger partial charge is 0.341 e. The number of rotatable bonds is 7. The van der Waals surface area contributed by atoms with Gasteiger partial charge in [-0.2, -0.15) is 0 Å². The van der Waals surface area contributed by atoms with Gasteiger partial charge in [0.25, 0.3) is 0 Å². The van der Waals surface area contributed by atoms with E-state index in [2.05, 4.69) is 37.9 Å². The van der Waals surface area contributed by atoms with Crippen molar-refractivity contribution in [1.29, 1.82) is 0 Å². The third kappa shape index (κ3) is 7.19. The van der Waals surface area contributed by atoms with Crippen molar-refractivity contribution < 1.29 is 9.18 Å². The molecule has 0 aromatic heterocycles. The molecule has 5 heteroatoms. The highest BCUT2D eigenvalue weighted by Gasteiger charge is 2.43. The van der Waals surface area contributed by atoms with Crippen LogP contribution in [0.1, 0.15) is 111 Å². The molecule has 2 unspecified atom stereocenters. The van der Waals surface area contributed by atoms with Crippen LogP contribution < -0.4 is 5.32 Å². The molecule has 4 aliphatic rings. The van der Waals surface area contributed by atoms with Gasteiger partial charge in [0, 0.05) is 18.5 Å².